The molecule has 0 aliphatic carbocycles. The molecule has 1 heterocycles. The Morgan fingerprint density at radius 3 is 2.82 bits per heavy atom. The van der Waals surface area contributed by atoms with Gasteiger partial charge in [-0.2, -0.15) is 4.98 Å². The second-order valence-corrected chi connectivity index (χ2v) is 5.13. The minimum absolute atomic E-state index is 0.172. The summed E-state index contributed by atoms with van der Waals surface area (Å²) >= 11 is 5.77. The molecule has 0 fully saturated rings. The molecular weight excluding hydrogens is 236 g/mol. The molecule has 3 nitrogen and oxygen atoms in total. The second kappa shape index (κ2) is 6.70. The number of anilines is 1. The van der Waals surface area contributed by atoms with Crippen molar-refractivity contribution in [2.75, 3.05) is 24.3 Å². The zero-order chi connectivity index (χ0) is 12.7. The lowest BCUT2D eigenvalue weighted by Crippen LogP contribution is -2.23. The number of nitrogens with zero attached hydrogens (tertiary/aromatic N) is 1. The van der Waals surface area contributed by atoms with Crippen molar-refractivity contribution in [3.8, 4) is 5.88 Å². The molecule has 0 unspecified atom stereocenters. The van der Waals surface area contributed by atoms with E-state index in [2.05, 4.69) is 24.1 Å². The van der Waals surface area contributed by atoms with Crippen molar-refractivity contribution in [2.45, 2.75) is 27.2 Å². The number of alkyl halides is 1. The molecule has 0 bridgehead atoms. The fourth-order valence-corrected chi connectivity index (χ4v) is 1.93. The van der Waals surface area contributed by atoms with Crippen molar-refractivity contribution in [2.24, 2.45) is 5.41 Å². The number of hydrogen-bond donors (Lipinski definition) is 1. The topological polar surface area (TPSA) is 34.1 Å². The molecule has 1 rings (SSSR count). The predicted molar refractivity (Wildman–Crippen MR) is 73.0 cm³/mol. The highest BCUT2D eigenvalue weighted by molar-refractivity contribution is 6.17. The van der Waals surface area contributed by atoms with Crippen molar-refractivity contribution in [1.29, 1.82) is 0 Å². The number of rotatable bonds is 7. The molecule has 0 aliphatic rings. The summed E-state index contributed by atoms with van der Waals surface area (Å²) in [5.41, 5.74) is 0.172. The summed E-state index contributed by atoms with van der Waals surface area (Å²) in [6.45, 7) is 7.81. The minimum atomic E-state index is 0.172. The molecule has 0 atom stereocenters. The first-order chi connectivity index (χ1) is 8.07. The number of pyridine rings is 1. The van der Waals surface area contributed by atoms with Crippen LogP contribution in [-0.2, 0) is 0 Å². The molecule has 0 radical (unpaired) electrons. The Hall–Kier alpha value is -0.960. The first-order valence-electron chi connectivity index (χ1n) is 5.97. The zero-order valence-electron chi connectivity index (χ0n) is 10.8. The van der Waals surface area contributed by atoms with Gasteiger partial charge in [0, 0.05) is 18.5 Å². The van der Waals surface area contributed by atoms with Crippen LogP contribution in [0.3, 0.4) is 0 Å². The summed E-state index contributed by atoms with van der Waals surface area (Å²) in [6.07, 6.45) is 0.979. The first-order valence-corrected chi connectivity index (χ1v) is 6.50. The highest BCUT2D eigenvalue weighted by atomic mass is 35.5. The van der Waals surface area contributed by atoms with Gasteiger partial charge in [-0.05, 0) is 24.8 Å². The summed E-state index contributed by atoms with van der Waals surface area (Å²) in [5.74, 6) is 2.19. The molecule has 4 heteroatoms. The van der Waals surface area contributed by atoms with Gasteiger partial charge < -0.3 is 10.1 Å². The van der Waals surface area contributed by atoms with Crippen molar-refractivity contribution >= 4 is 17.4 Å². The highest BCUT2D eigenvalue weighted by Gasteiger charge is 2.16. The Balaban J connectivity index is 2.53. The monoisotopic (exact) mass is 256 g/mol. The van der Waals surface area contributed by atoms with Gasteiger partial charge in [0.1, 0.15) is 5.82 Å². The summed E-state index contributed by atoms with van der Waals surface area (Å²) < 4.78 is 5.35. The van der Waals surface area contributed by atoms with Gasteiger partial charge in [-0.1, -0.05) is 19.9 Å². The maximum Gasteiger partial charge on any atom is 0.215 e. The van der Waals surface area contributed by atoms with Gasteiger partial charge in [-0.3, -0.25) is 0 Å². The maximum absolute atomic E-state index is 5.77. The lowest BCUT2D eigenvalue weighted by Gasteiger charge is -2.24. The van der Waals surface area contributed by atoms with Crippen LogP contribution >= 0.6 is 11.6 Å². The number of aromatic nitrogens is 1. The Kier molecular flexibility index (Phi) is 5.56. The fourth-order valence-electron chi connectivity index (χ4n) is 1.42. The van der Waals surface area contributed by atoms with Gasteiger partial charge in [0.15, 0.2) is 0 Å². The highest BCUT2D eigenvalue weighted by Crippen LogP contribution is 2.21. The van der Waals surface area contributed by atoms with Gasteiger partial charge in [0.05, 0.1) is 6.61 Å². The van der Waals surface area contributed by atoms with Gasteiger partial charge >= 0.3 is 0 Å². The van der Waals surface area contributed by atoms with E-state index in [4.69, 9.17) is 16.3 Å². The Morgan fingerprint density at radius 1 is 1.41 bits per heavy atom. The van der Waals surface area contributed by atoms with Crippen LogP contribution in [0.4, 0.5) is 5.82 Å². The van der Waals surface area contributed by atoms with Crippen molar-refractivity contribution in [3.05, 3.63) is 18.2 Å². The van der Waals surface area contributed by atoms with Crippen LogP contribution in [-0.4, -0.2) is 24.0 Å². The fraction of sp³-hybridized carbons (Fsp3) is 0.615. The van der Waals surface area contributed by atoms with Crippen LogP contribution in [0.25, 0.3) is 0 Å². The van der Waals surface area contributed by atoms with Crippen LogP contribution in [0.5, 0.6) is 5.88 Å². The smallest absolute Gasteiger partial charge is 0.215 e. The van der Waals surface area contributed by atoms with Crippen LogP contribution in [0.2, 0.25) is 0 Å². The second-order valence-electron chi connectivity index (χ2n) is 4.75. The third-order valence-electron chi connectivity index (χ3n) is 2.54. The van der Waals surface area contributed by atoms with E-state index >= 15 is 0 Å². The Morgan fingerprint density at radius 2 is 2.18 bits per heavy atom. The lowest BCUT2D eigenvalue weighted by molar-refractivity contribution is 0.327. The summed E-state index contributed by atoms with van der Waals surface area (Å²) in [6, 6.07) is 5.74. The van der Waals surface area contributed by atoms with Crippen LogP contribution in [0.1, 0.15) is 27.2 Å². The van der Waals surface area contributed by atoms with E-state index < -0.39 is 0 Å². The minimum Gasteiger partial charge on any atom is -0.478 e. The average molecular weight is 257 g/mol. The van der Waals surface area contributed by atoms with E-state index in [-0.39, 0.29) is 5.41 Å². The van der Waals surface area contributed by atoms with Crippen molar-refractivity contribution in [1.82, 2.24) is 4.98 Å². The van der Waals surface area contributed by atoms with Gasteiger partial charge in [0.2, 0.25) is 5.88 Å². The quantitative estimate of drug-likeness (QED) is 0.758. The standard InChI is InChI=1S/C13H21ClN2O/c1-4-17-12-7-5-6-11(16-12)15-10-13(2,3)8-9-14/h5-7H,4,8-10H2,1-3H3,(H,15,16). The normalized spacial score (nSPS) is 11.3. The van der Waals surface area contributed by atoms with Crippen LogP contribution in [0.15, 0.2) is 18.2 Å². The molecule has 1 aromatic rings. The number of hydrogen-bond acceptors (Lipinski definition) is 3. The number of nitrogens with one attached hydrogen (secondary N) is 1. The van der Waals surface area contributed by atoms with E-state index in [0.29, 0.717) is 18.4 Å². The average Bonchev–Trinajstić information content (AvgIpc) is 2.28. The molecule has 0 saturated carbocycles. The molecule has 1 N–H and O–H groups in total. The van der Waals surface area contributed by atoms with Crippen LogP contribution in [0, 0.1) is 5.41 Å². The zero-order valence-corrected chi connectivity index (χ0v) is 11.5. The molecule has 0 spiro atoms. The van der Waals surface area contributed by atoms with Gasteiger partial charge in [-0.25, -0.2) is 0 Å². The molecule has 0 saturated heterocycles. The Labute approximate surface area is 109 Å². The van der Waals surface area contributed by atoms with E-state index in [1.54, 1.807) is 0 Å². The molecular formula is C13H21ClN2O. The van der Waals surface area contributed by atoms with Crippen LogP contribution < -0.4 is 10.1 Å². The first kappa shape index (κ1) is 14.1. The van der Waals surface area contributed by atoms with E-state index in [0.717, 1.165) is 18.8 Å². The third kappa shape index (κ3) is 5.26. The summed E-state index contributed by atoms with van der Waals surface area (Å²) in [7, 11) is 0. The summed E-state index contributed by atoms with van der Waals surface area (Å²) in [4.78, 5) is 4.36. The lowest BCUT2D eigenvalue weighted by atomic mass is 9.90. The summed E-state index contributed by atoms with van der Waals surface area (Å²) in [5, 5.41) is 3.32. The van der Waals surface area contributed by atoms with Gasteiger partial charge in [-0.15, -0.1) is 11.6 Å². The largest absolute Gasteiger partial charge is 0.478 e. The van der Waals surface area contributed by atoms with E-state index in [1.807, 2.05) is 25.1 Å². The van der Waals surface area contributed by atoms with Gasteiger partial charge in [0.25, 0.3) is 0 Å². The SMILES string of the molecule is CCOc1cccc(NCC(C)(C)CCCl)n1. The molecule has 0 aliphatic heterocycles. The molecule has 96 valence electrons. The molecule has 0 aromatic carbocycles. The Bertz CT molecular complexity index is 342. The third-order valence-corrected chi connectivity index (χ3v) is 2.72. The van der Waals surface area contributed by atoms with E-state index in [9.17, 15) is 0 Å². The van der Waals surface area contributed by atoms with E-state index in [1.165, 1.54) is 0 Å². The molecule has 1 aromatic heterocycles. The number of ether oxygens (including phenoxy) is 1. The number of halogens is 1. The predicted octanol–water partition coefficient (Wildman–Crippen LogP) is 3.55. The maximum atomic E-state index is 5.77. The van der Waals surface area contributed by atoms with Crippen molar-refractivity contribution in [3.63, 3.8) is 0 Å². The molecule has 0 amide bonds. The molecule has 17 heavy (non-hydrogen) atoms. The van der Waals surface area contributed by atoms with Crippen molar-refractivity contribution < 1.29 is 4.74 Å².